The molecule has 0 fully saturated rings. The second-order valence-electron chi connectivity index (χ2n) is 6.79. The number of anilines is 1. The topological polar surface area (TPSA) is 87.3 Å². The van der Waals surface area contributed by atoms with Crippen LogP contribution in [0.1, 0.15) is 21.7 Å². The van der Waals surface area contributed by atoms with Crippen molar-refractivity contribution in [1.29, 1.82) is 0 Å². The Balaban J connectivity index is 1.45. The van der Waals surface area contributed by atoms with Gasteiger partial charge in [-0.1, -0.05) is 41.9 Å². The summed E-state index contributed by atoms with van der Waals surface area (Å²) < 4.78 is 5.71. The third kappa shape index (κ3) is 4.09. The Bertz CT molecular complexity index is 1050. The van der Waals surface area contributed by atoms with Gasteiger partial charge in [-0.2, -0.15) is 5.10 Å². The molecule has 8 heteroatoms. The number of carbonyl (C=O) groups is 2. The summed E-state index contributed by atoms with van der Waals surface area (Å²) in [5, 5.41) is 10.2. The summed E-state index contributed by atoms with van der Waals surface area (Å²) in [6, 6.07) is 15.8. The number of hydrogen-bond donors (Lipinski definition) is 2. The molecule has 0 aliphatic carbocycles. The fourth-order valence-corrected chi connectivity index (χ4v) is 3.36. The van der Waals surface area contributed by atoms with Gasteiger partial charge in [0.1, 0.15) is 24.1 Å². The van der Waals surface area contributed by atoms with Crippen LogP contribution >= 0.6 is 11.6 Å². The smallest absolute Gasteiger partial charge is 0.272 e. The van der Waals surface area contributed by atoms with Crippen LogP contribution in [-0.2, 0) is 11.2 Å². The van der Waals surface area contributed by atoms with Gasteiger partial charge < -0.3 is 15.0 Å². The number of nitrogens with zero attached hydrogens (tertiary/aromatic N) is 2. The molecule has 7 nitrogen and oxygen atoms in total. The van der Waals surface area contributed by atoms with Crippen molar-refractivity contribution in [2.45, 2.75) is 12.5 Å². The van der Waals surface area contributed by atoms with E-state index in [0.717, 1.165) is 11.3 Å². The van der Waals surface area contributed by atoms with E-state index < -0.39 is 11.9 Å². The van der Waals surface area contributed by atoms with Gasteiger partial charge in [-0.25, -0.2) is 0 Å². The van der Waals surface area contributed by atoms with E-state index in [1.54, 1.807) is 31.3 Å². The zero-order valence-electron chi connectivity index (χ0n) is 15.7. The lowest BCUT2D eigenvalue weighted by molar-refractivity contribution is -0.120. The summed E-state index contributed by atoms with van der Waals surface area (Å²) in [6.07, 6.45) is 0.630. The molecule has 0 bridgehead atoms. The molecule has 0 saturated carbocycles. The van der Waals surface area contributed by atoms with E-state index in [9.17, 15) is 9.59 Å². The molecule has 0 spiro atoms. The summed E-state index contributed by atoms with van der Waals surface area (Å²) in [4.78, 5) is 26.9. The molecule has 2 aromatic carbocycles. The summed E-state index contributed by atoms with van der Waals surface area (Å²) in [7, 11) is 1.62. The number of aromatic amines is 1. The highest BCUT2D eigenvalue weighted by Gasteiger charge is 2.31. The molecule has 1 unspecified atom stereocenters. The maximum atomic E-state index is 12.8. The third-order valence-corrected chi connectivity index (χ3v) is 4.96. The van der Waals surface area contributed by atoms with E-state index in [1.165, 1.54) is 4.90 Å². The monoisotopic (exact) mass is 410 g/mol. The molecule has 29 heavy (non-hydrogen) atoms. The van der Waals surface area contributed by atoms with Crippen LogP contribution in [0.2, 0.25) is 5.02 Å². The molecule has 0 radical (unpaired) electrons. The number of likely N-dealkylation sites (N-methyl/N-ethyl adjacent to an activating group) is 1. The molecule has 1 aliphatic heterocycles. The average molecular weight is 411 g/mol. The van der Waals surface area contributed by atoms with Gasteiger partial charge in [0, 0.05) is 24.2 Å². The van der Waals surface area contributed by atoms with Crippen molar-refractivity contribution in [2.24, 2.45) is 0 Å². The number of halogens is 1. The highest BCUT2D eigenvalue weighted by molar-refractivity contribution is 6.31. The Kier molecular flexibility index (Phi) is 5.22. The number of ether oxygens (including phenoxy) is 1. The first-order chi connectivity index (χ1) is 14.0. The molecule has 0 saturated heterocycles. The number of benzene rings is 2. The average Bonchev–Trinajstić information content (AvgIpc) is 3.16. The van der Waals surface area contributed by atoms with Crippen molar-refractivity contribution >= 4 is 29.1 Å². The van der Waals surface area contributed by atoms with Gasteiger partial charge in [-0.05, 0) is 29.8 Å². The fraction of sp³-hybridized carbons (Fsp3) is 0.190. The Hall–Kier alpha value is -3.32. The lowest BCUT2D eigenvalue weighted by Gasteiger charge is -2.20. The molecule has 148 valence electrons. The highest BCUT2D eigenvalue weighted by Crippen LogP contribution is 2.33. The number of rotatable bonds is 4. The second kappa shape index (κ2) is 7.97. The van der Waals surface area contributed by atoms with Crippen LogP contribution in [0.25, 0.3) is 0 Å². The predicted octanol–water partition coefficient (Wildman–Crippen LogP) is 2.81. The zero-order valence-corrected chi connectivity index (χ0v) is 16.4. The standard InChI is InChI=1S/C21H19ClN4O3/c1-26-18-10-14(22)7-8-19(18)29-12-17(21(26)28)23-20(27)16-11-15(24-25-16)9-13-5-3-2-4-6-13/h2-8,10-11,17H,9,12H2,1H3,(H,23,27)(H,24,25). The number of nitrogens with one attached hydrogen (secondary N) is 2. The van der Waals surface area contributed by atoms with Crippen LogP contribution in [-0.4, -0.2) is 41.7 Å². The van der Waals surface area contributed by atoms with E-state index >= 15 is 0 Å². The molecular weight excluding hydrogens is 392 g/mol. The molecule has 3 aromatic rings. The van der Waals surface area contributed by atoms with E-state index in [4.69, 9.17) is 16.3 Å². The maximum absolute atomic E-state index is 12.8. The summed E-state index contributed by atoms with van der Waals surface area (Å²) >= 11 is 6.03. The number of amides is 2. The first kappa shape index (κ1) is 19.0. The van der Waals surface area contributed by atoms with E-state index in [1.807, 2.05) is 30.3 Å². The lowest BCUT2D eigenvalue weighted by Crippen LogP contribution is -2.49. The molecule has 1 atom stereocenters. The number of hydrogen-bond acceptors (Lipinski definition) is 4. The van der Waals surface area contributed by atoms with E-state index in [0.29, 0.717) is 22.9 Å². The van der Waals surface area contributed by atoms with Crippen molar-refractivity contribution < 1.29 is 14.3 Å². The van der Waals surface area contributed by atoms with Gasteiger partial charge in [0.15, 0.2) is 0 Å². The SMILES string of the molecule is CN1C(=O)C(NC(=O)c2cc(Cc3ccccc3)[nH]n2)COc2ccc(Cl)cc21. The number of fused-ring (bicyclic) bond motifs is 1. The van der Waals surface area contributed by atoms with E-state index in [2.05, 4.69) is 15.5 Å². The van der Waals surface area contributed by atoms with Crippen molar-refractivity contribution in [3.8, 4) is 5.75 Å². The highest BCUT2D eigenvalue weighted by atomic mass is 35.5. The minimum absolute atomic E-state index is 0.0187. The number of aromatic nitrogens is 2. The van der Waals surface area contributed by atoms with Crippen LogP contribution in [0.5, 0.6) is 5.75 Å². The number of H-pyrrole nitrogens is 1. The summed E-state index contributed by atoms with van der Waals surface area (Å²) in [5.41, 5.74) is 2.69. The van der Waals surface area contributed by atoms with Crippen LogP contribution in [0.3, 0.4) is 0 Å². The van der Waals surface area contributed by atoms with Crippen molar-refractivity contribution in [1.82, 2.24) is 15.5 Å². The van der Waals surface area contributed by atoms with Gasteiger partial charge in [-0.15, -0.1) is 0 Å². The largest absolute Gasteiger partial charge is 0.489 e. The summed E-state index contributed by atoms with van der Waals surface area (Å²) in [6.45, 7) is 0.0187. The fourth-order valence-electron chi connectivity index (χ4n) is 3.19. The minimum atomic E-state index is -0.840. The van der Waals surface area contributed by atoms with Crippen molar-refractivity contribution in [3.63, 3.8) is 0 Å². The quantitative estimate of drug-likeness (QED) is 0.692. The molecule has 2 N–H and O–H groups in total. The van der Waals surface area contributed by atoms with Gasteiger partial charge >= 0.3 is 0 Å². The number of carbonyl (C=O) groups excluding carboxylic acids is 2. The van der Waals surface area contributed by atoms with Crippen molar-refractivity contribution in [2.75, 3.05) is 18.6 Å². The van der Waals surface area contributed by atoms with Crippen LogP contribution in [0.15, 0.2) is 54.6 Å². The third-order valence-electron chi connectivity index (χ3n) is 4.72. The van der Waals surface area contributed by atoms with Crippen LogP contribution < -0.4 is 15.0 Å². The molecule has 1 aromatic heterocycles. The second-order valence-corrected chi connectivity index (χ2v) is 7.22. The van der Waals surface area contributed by atoms with Gasteiger partial charge in [0.2, 0.25) is 0 Å². The Morgan fingerprint density at radius 2 is 2.07 bits per heavy atom. The Morgan fingerprint density at radius 3 is 2.86 bits per heavy atom. The van der Waals surface area contributed by atoms with Gasteiger partial charge in [0.05, 0.1) is 5.69 Å². The van der Waals surface area contributed by atoms with Crippen molar-refractivity contribution in [3.05, 3.63) is 76.6 Å². The Labute approximate surface area is 172 Å². The predicted molar refractivity (Wildman–Crippen MR) is 109 cm³/mol. The normalized spacial score (nSPS) is 16.0. The molecule has 2 amide bonds. The lowest BCUT2D eigenvalue weighted by atomic mass is 10.1. The zero-order chi connectivity index (χ0) is 20.4. The Morgan fingerprint density at radius 1 is 1.28 bits per heavy atom. The van der Waals surface area contributed by atoms with Gasteiger partial charge in [-0.3, -0.25) is 14.7 Å². The van der Waals surface area contributed by atoms with Crippen LogP contribution in [0, 0.1) is 0 Å². The maximum Gasteiger partial charge on any atom is 0.272 e. The first-order valence-electron chi connectivity index (χ1n) is 9.10. The molecule has 4 rings (SSSR count). The summed E-state index contributed by atoms with van der Waals surface area (Å²) in [5.74, 6) is -0.203. The molecular formula is C21H19ClN4O3. The first-order valence-corrected chi connectivity index (χ1v) is 9.48. The minimum Gasteiger partial charge on any atom is -0.489 e. The van der Waals surface area contributed by atoms with Gasteiger partial charge in [0.25, 0.3) is 11.8 Å². The molecule has 2 heterocycles. The van der Waals surface area contributed by atoms with Crippen LogP contribution in [0.4, 0.5) is 5.69 Å². The molecule has 1 aliphatic rings. The van der Waals surface area contributed by atoms with E-state index in [-0.39, 0.29) is 18.2 Å².